The molecule has 0 saturated carbocycles. The third-order valence-electron chi connectivity index (χ3n) is 3.85. The van der Waals surface area contributed by atoms with Gasteiger partial charge in [0.25, 0.3) is 0 Å². The van der Waals surface area contributed by atoms with Crippen LogP contribution < -0.4 is 0 Å². The first kappa shape index (κ1) is 16.3. The summed E-state index contributed by atoms with van der Waals surface area (Å²) in [5.74, 6) is 0.267. The average molecular weight is 299 g/mol. The van der Waals surface area contributed by atoms with Crippen molar-refractivity contribution in [1.29, 1.82) is 0 Å². The molecule has 1 heterocycles. The van der Waals surface area contributed by atoms with Gasteiger partial charge in [-0.1, -0.05) is 41.5 Å². The van der Waals surface area contributed by atoms with E-state index in [1.807, 2.05) is 53.7 Å². The predicted molar refractivity (Wildman–Crippen MR) is 89.7 cm³/mol. The lowest BCUT2D eigenvalue weighted by Gasteiger charge is -2.28. The number of phenolic OH excluding ortho intramolecular Hbond substituents is 1. The molecule has 1 aromatic carbocycles. The van der Waals surface area contributed by atoms with Crippen molar-refractivity contribution in [3.05, 3.63) is 52.8 Å². The van der Waals surface area contributed by atoms with Gasteiger partial charge in [0.05, 0.1) is 0 Å². The van der Waals surface area contributed by atoms with Crippen molar-refractivity contribution in [3.8, 4) is 5.75 Å². The van der Waals surface area contributed by atoms with Crippen molar-refractivity contribution >= 4 is 5.78 Å². The van der Waals surface area contributed by atoms with Crippen molar-refractivity contribution in [3.63, 3.8) is 0 Å². The van der Waals surface area contributed by atoms with E-state index in [0.717, 1.165) is 11.1 Å². The topological polar surface area (TPSA) is 53.1 Å². The zero-order valence-electron chi connectivity index (χ0n) is 14.2. The molecule has 0 saturated heterocycles. The van der Waals surface area contributed by atoms with E-state index < -0.39 is 0 Å². The Hall–Kier alpha value is -2.03. The molecule has 2 N–H and O–H groups in total. The van der Waals surface area contributed by atoms with Crippen LogP contribution in [0.4, 0.5) is 0 Å². The molecule has 2 rings (SSSR count). The van der Waals surface area contributed by atoms with E-state index in [2.05, 4.69) is 4.98 Å². The number of aromatic hydroxyl groups is 1. The van der Waals surface area contributed by atoms with Crippen LogP contribution in [0.15, 0.2) is 30.6 Å². The maximum absolute atomic E-state index is 12.7. The molecule has 118 valence electrons. The zero-order valence-corrected chi connectivity index (χ0v) is 14.2. The number of nitrogens with one attached hydrogen (secondary N) is 1. The fourth-order valence-corrected chi connectivity index (χ4v) is 2.54. The first-order valence-corrected chi connectivity index (χ1v) is 7.57. The lowest BCUT2D eigenvalue weighted by molar-refractivity contribution is 0.103. The summed E-state index contributed by atoms with van der Waals surface area (Å²) in [5.41, 5.74) is 2.38. The summed E-state index contributed by atoms with van der Waals surface area (Å²) in [7, 11) is 0. The third-order valence-corrected chi connectivity index (χ3v) is 3.85. The van der Waals surface area contributed by atoms with Gasteiger partial charge in [0.15, 0.2) is 5.78 Å². The van der Waals surface area contributed by atoms with E-state index in [9.17, 15) is 9.90 Å². The van der Waals surface area contributed by atoms with Gasteiger partial charge in [-0.2, -0.15) is 0 Å². The molecule has 0 bridgehead atoms. The molecule has 0 atom stereocenters. The molecule has 0 aliphatic rings. The van der Waals surface area contributed by atoms with Gasteiger partial charge in [-0.05, 0) is 29.0 Å². The Bertz CT molecular complexity index is 648. The highest BCUT2D eigenvalue weighted by Gasteiger charge is 2.28. The smallest absolute Gasteiger partial charge is 0.194 e. The van der Waals surface area contributed by atoms with Gasteiger partial charge in [-0.25, -0.2) is 0 Å². The largest absolute Gasteiger partial charge is 0.507 e. The van der Waals surface area contributed by atoms with E-state index in [0.29, 0.717) is 16.9 Å². The number of H-pyrrole nitrogens is 1. The number of hydrogen-bond acceptors (Lipinski definition) is 2. The molecule has 0 amide bonds. The van der Waals surface area contributed by atoms with E-state index in [-0.39, 0.29) is 16.6 Å². The Morgan fingerprint density at radius 1 is 0.955 bits per heavy atom. The van der Waals surface area contributed by atoms with Crippen LogP contribution in [0.1, 0.15) is 68.6 Å². The Balaban J connectivity index is 2.68. The van der Waals surface area contributed by atoms with E-state index in [1.165, 1.54) is 0 Å². The SMILES string of the molecule is CC(C)(C)c1cc(C(=O)c2cc[nH]c2)cc(C(C)(C)C)c1O. The minimum atomic E-state index is -0.238. The summed E-state index contributed by atoms with van der Waals surface area (Å²) in [6.45, 7) is 12.2. The number of phenols is 1. The van der Waals surface area contributed by atoms with Crippen LogP contribution in [0.2, 0.25) is 0 Å². The number of rotatable bonds is 2. The minimum Gasteiger partial charge on any atom is -0.507 e. The summed E-state index contributed by atoms with van der Waals surface area (Å²) in [6, 6.07) is 5.41. The molecule has 3 nitrogen and oxygen atoms in total. The highest BCUT2D eigenvalue weighted by atomic mass is 16.3. The van der Waals surface area contributed by atoms with Gasteiger partial charge in [0.1, 0.15) is 5.75 Å². The number of ketones is 1. The molecular formula is C19H25NO2. The lowest BCUT2D eigenvalue weighted by Crippen LogP contribution is -2.19. The first-order chi connectivity index (χ1) is 10.0. The molecule has 3 heteroatoms. The highest BCUT2D eigenvalue weighted by Crippen LogP contribution is 2.40. The second-order valence-corrected chi connectivity index (χ2v) is 7.85. The minimum absolute atomic E-state index is 0.0303. The number of aromatic nitrogens is 1. The summed E-state index contributed by atoms with van der Waals surface area (Å²) in [6.07, 6.45) is 3.44. The Morgan fingerprint density at radius 3 is 1.82 bits per heavy atom. The molecule has 0 aliphatic carbocycles. The molecule has 1 aromatic heterocycles. The zero-order chi connectivity index (χ0) is 16.7. The number of carbonyl (C=O) groups excluding carboxylic acids is 1. The second-order valence-electron chi connectivity index (χ2n) is 7.85. The molecule has 22 heavy (non-hydrogen) atoms. The number of hydrogen-bond donors (Lipinski definition) is 2. The van der Waals surface area contributed by atoms with Crippen LogP contribution in [0.3, 0.4) is 0 Å². The van der Waals surface area contributed by atoms with Crippen LogP contribution in [-0.4, -0.2) is 15.9 Å². The van der Waals surface area contributed by atoms with Crippen molar-refractivity contribution < 1.29 is 9.90 Å². The fraction of sp³-hybridized carbons (Fsp3) is 0.421. The molecule has 0 aliphatic heterocycles. The standard InChI is InChI=1S/C19H25NO2/c1-18(2,3)14-9-13(16(21)12-7-8-20-11-12)10-15(17(14)22)19(4,5)6/h7-11,20,22H,1-6H3. The maximum Gasteiger partial charge on any atom is 0.194 e. The monoisotopic (exact) mass is 299 g/mol. The molecule has 0 fully saturated rings. The maximum atomic E-state index is 12.7. The first-order valence-electron chi connectivity index (χ1n) is 7.57. The average Bonchev–Trinajstić information content (AvgIpc) is 2.89. The van der Waals surface area contributed by atoms with Crippen LogP contribution >= 0.6 is 0 Å². The predicted octanol–water partition coefficient (Wildman–Crippen LogP) is 4.55. The van der Waals surface area contributed by atoms with Crippen molar-refractivity contribution in [2.45, 2.75) is 52.4 Å². The summed E-state index contributed by atoms with van der Waals surface area (Å²) >= 11 is 0. The highest BCUT2D eigenvalue weighted by molar-refractivity contribution is 6.09. The van der Waals surface area contributed by atoms with E-state index in [1.54, 1.807) is 18.5 Å². The molecule has 0 spiro atoms. The fourth-order valence-electron chi connectivity index (χ4n) is 2.54. The van der Waals surface area contributed by atoms with Crippen molar-refractivity contribution in [2.75, 3.05) is 0 Å². The summed E-state index contributed by atoms with van der Waals surface area (Å²) in [4.78, 5) is 15.6. The number of aromatic amines is 1. The lowest BCUT2D eigenvalue weighted by atomic mass is 9.78. The Kier molecular flexibility index (Phi) is 3.94. The summed E-state index contributed by atoms with van der Waals surface area (Å²) in [5, 5.41) is 10.7. The number of benzene rings is 1. The van der Waals surface area contributed by atoms with Crippen LogP contribution in [-0.2, 0) is 10.8 Å². The van der Waals surface area contributed by atoms with Gasteiger partial charge in [0, 0.05) is 34.6 Å². The van der Waals surface area contributed by atoms with Gasteiger partial charge in [-0.15, -0.1) is 0 Å². The van der Waals surface area contributed by atoms with E-state index in [4.69, 9.17) is 0 Å². The van der Waals surface area contributed by atoms with Crippen LogP contribution in [0, 0.1) is 0 Å². The van der Waals surface area contributed by atoms with Gasteiger partial charge in [-0.3, -0.25) is 4.79 Å². The molecule has 0 unspecified atom stereocenters. The van der Waals surface area contributed by atoms with Gasteiger partial charge >= 0.3 is 0 Å². The summed E-state index contributed by atoms with van der Waals surface area (Å²) < 4.78 is 0. The van der Waals surface area contributed by atoms with Gasteiger partial charge < -0.3 is 10.1 Å². The molecule has 2 aromatic rings. The molecular weight excluding hydrogens is 274 g/mol. The van der Waals surface area contributed by atoms with E-state index >= 15 is 0 Å². The van der Waals surface area contributed by atoms with Crippen LogP contribution in [0.5, 0.6) is 5.75 Å². The molecule has 0 radical (unpaired) electrons. The van der Waals surface area contributed by atoms with Crippen LogP contribution in [0.25, 0.3) is 0 Å². The Labute approximate surface area is 132 Å². The second kappa shape index (κ2) is 5.31. The van der Waals surface area contributed by atoms with Crippen molar-refractivity contribution in [2.24, 2.45) is 0 Å². The van der Waals surface area contributed by atoms with Gasteiger partial charge in [0.2, 0.25) is 0 Å². The Morgan fingerprint density at radius 2 is 1.45 bits per heavy atom. The number of carbonyl (C=O) groups is 1. The quantitative estimate of drug-likeness (QED) is 0.799. The normalized spacial score (nSPS) is 12.5. The third kappa shape index (κ3) is 3.08. The van der Waals surface area contributed by atoms with Crippen molar-refractivity contribution in [1.82, 2.24) is 4.98 Å².